The normalized spacial score (nSPS) is 15.2. The molecule has 3 N–H and O–H groups in total. The summed E-state index contributed by atoms with van der Waals surface area (Å²) in [7, 11) is 0. The van der Waals surface area contributed by atoms with Crippen LogP contribution in [0.3, 0.4) is 0 Å². The zero-order valence-electron chi connectivity index (χ0n) is 16.4. The first-order valence-electron chi connectivity index (χ1n) is 9.81. The van der Waals surface area contributed by atoms with Gasteiger partial charge in [-0.25, -0.2) is 0 Å². The van der Waals surface area contributed by atoms with Crippen LogP contribution in [0.2, 0.25) is 0 Å². The number of allylic oxidation sites excluding steroid dienone is 1. The summed E-state index contributed by atoms with van der Waals surface area (Å²) >= 11 is 7.15. The Kier molecular flexibility index (Phi) is 3.98. The van der Waals surface area contributed by atoms with E-state index < -0.39 is 5.41 Å². The maximum absolute atomic E-state index is 13.7. The van der Waals surface area contributed by atoms with Crippen LogP contribution in [-0.4, -0.2) is 4.98 Å². The molecule has 0 bridgehead atoms. The number of benzene rings is 3. The minimum absolute atomic E-state index is 0.00509. The van der Waals surface area contributed by atoms with Crippen molar-refractivity contribution < 1.29 is 4.74 Å². The van der Waals surface area contributed by atoms with E-state index in [-0.39, 0.29) is 17.0 Å². The van der Waals surface area contributed by atoms with Gasteiger partial charge in [-0.15, -0.1) is 0 Å². The Bertz CT molecular complexity index is 1580. The number of aromatic amines is 1. The predicted octanol–water partition coefficient (Wildman–Crippen LogP) is 5.45. The summed E-state index contributed by atoms with van der Waals surface area (Å²) in [6, 6.07) is 21.5. The first kappa shape index (κ1) is 19.4. The van der Waals surface area contributed by atoms with Crippen molar-refractivity contribution in [1.82, 2.24) is 4.98 Å². The zero-order chi connectivity index (χ0) is 22.2. The molecule has 0 saturated carbocycles. The van der Waals surface area contributed by atoms with E-state index >= 15 is 0 Å². The number of nitriles is 1. The molecule has 0 fully saturated rings. The fourth-order valence-electron chi connectivity index (χ4n) is 5.08. The van der Waals surface area contributed by atoms with Gasteiger partial charge in [0.15, 0.2) is 0 Å². The second kappa shape index (κ2) is 6.58. The first-order chi connectivity index (χ1) is 15.5. The van der Waals surface area contributed by atoms with Crippen LogP contribution in [0, 0.1) is 11.3 Å². The van der Waals surface area contributed by atoms with E-state index in [2.05, 4.69) is 42.9 Å². The van der Waals surface area contributed by atoms with Gasteiger partial charge in [0, 0.05) is 14.3 Å². The minimum Gasteiger partial charge on any atom is -0.439 e. The standard InChI is InChI=1S/C25H13Br2N3O2/c26-12-5-7-14-15-8-6-13(27)10-18(15)25(17(14)9-12)19(11-28)23(29)32-22-16-3-1-2-4-20(16)30-24(31)21(22)25/h1-10H,29H2,(H,30,31). The van der Waals surface area contributed by atoms with Gasteiger partial charge in [-0.3, -0.25) is 4.79 Å². The summed E-state index contributed by atoms with van der Waals surface area (Å²) in [6.45, 7) is 0. The van der Waals surface area contributed by atoms with Crippen molar-refractivity contribution in [3.05, 3.63) is 108 Å². The Labute approximate surface area is 199 Å². The lowest BCUT2D eigenvalue weighted by Crippen LogP contribution is -2.41. The van der Waals surface area contributed by atoms with E-state index in [0.29, 0.717) is 16.8 Å². The number of rotatable bonds is 0. The van der Waals surface area contributed by atoms with Crippen molar-refractivity contribution in [1.29, 1.82) is 5.26 Å². The predicted molar refractivity (Wildman–Crippen MR) is 129 cm³/mol. The van der Waals surface area contributed by atoms with E-state index in [4.69, 9.17) is 10.5 Å². The van der Waals surface area contributed by atoms with Crippen LogP contribution in [0.4, 0.5) is 0 Å². The molecular formula is C25H13Br2N3O2. The second-order valence-electron chi connectivity index (χ2n) is 7.79. The number of hydrogen-bond acceptors (Lipinski definition) is 4. The lowest BCUT2D eigenvalue weighted by molar-refractivity contribution is 0.384. The number of nitrogens with one attached hydrogen (secondary N) is 1. The smallest absolute Gasteiger partial charge is 0.257 e. The van der Waals surface area contributed by atoms with Crippen LogP contribution < -0.4 is 16.0 Å². The summed E-state index contributed by atoms with van der Waals surface area (Å²) in [6.07, 6.45) is 0. The van der Waals surface area contributed by atoms with Crippen molar-refractivity contribution in [3.8, 4) is 22.9 Å². The third-order valence-corrected chi connectivity index (χ3v) is 7.24. The third-order valence-electron chi connectivity index (χ3n) is 6.26. The van der Waals surface area contributed by atoms with Crippen LogP contribution in [-0.2, 0) is 5.41 Å². The van der Waals surface area contributed by atoms with Gasteiger partial charge in [0.25, 0.3) is 5.56 Å². The molecule has 1 aliphatic heterocycles. The highest BCUT2D eigenvalue weighted by atomic mass is 79.9. The number of hydrogen-bond donors (Lipinski definition) is 2. The molecule has 2 heterocycles. The van der Waals surface area contributed by atoms with Gasteiger partial charge in [0.05, 0.1) is 16.5 Å². The number of ether oxygens (including phenoxy) is 1. The Morgan fingerprint density at radius 3 is 2.22 bits per heavy atom. The molecule has 5 nitrogen and oxygen atoms in total. The minimum atomic E-state index is -1.21. The lowest BCUT2D eigenvalue weighted by Gasteiger charge is -2.37. The molecule has 0 atom stereocenters. The van der Waals surface area contributed by atoms with Gasteiger partial charge in [0.1, 0.15) is 17.4 Å². The average Bonchev–Trinajstić information content (AvgIpc) is 3.03. The van der Waals surface area contributed by atoms with Crippen LogP contribution in [0.15, 0.2) is 85.9 Å². The van der Waals surface area contributed by atoms with Crippen LogP contribution in [0.1, 0.15) is 16.7 Å². The van der Waals surface area contributed by atoms with Crippen molar-refractivity contribution >= 4 is 42.8 Å². The molecule has 1 aliphatic carbocycles. The maximum atomic E-state index is 13.7. The largest absolute Gasteiger partial charge is 0.439 e. The van der Waals surface area contributed by atoms with Gasteiger partial charge in [-0.1, -0.05) is 56.1 Å². The van der Waals surface area contributed by atoms with Gasteiger partial charge in [-0.05, 0) is 58.7 Å². The van der Waals surface area contributed by atoms with Crippen molar-refractivity contribution in [2.24, 2.45) is 5.73 Å². The molecule has 6 rings (SSSR count). The van der Waals surface area contributed by atoms with Gasteiger partial charge in [0.2, 0.25) is 5.88 Å². The molecule has 0 radical (unpaired) electrons. The summed E-state index contributed by atoms with van der Waals surface area (Å²) in [5, 5.41) is 11.0. The molecule has 2 aliphatic rings. The number of nitrogens with two attached hydrogens (primary N) is 1. The molecule has 4 aromatic rings. The van der Waals surface area contributed by atoms with Gasteiger partial charge in [-0.2, -0.15) is 5.26 Å². The quantitative estimate of drug-likeness (QED) is 0.306. The van der Waals surface area contributed by atoms with E-state index in [1.54, 1.807) is 0 Å². The Balaban J connectivity index is 1.91. The van der Waals surface area contributed by atoms with E-state index in [1.165, 1.54) is 0 Å². The number of para-hydroxylation sites is 1. The van der Waals surface area contributed by atoms with Crippen molar-refractivity contribution in [3.63, 3.8) is 0 Å². The number of pyridine rings is 1. The van der Waals surface area contributed by atoms with E-state index in [1.807, 2.05) is 60.7 Å². The molecule has 154 valence electrons. The zero-order valence-corrected chi connectivity index (χ0v) is 19.5. The Morgan fingerprint density at radius 2 is 1.59 bits per heavy atom. The van der Waals surface area contributed by atoms with E-state index in [0.717, 1.165) is 36.6 Å². The SMILES string of the molecule is N#CC1=C(N)Oc2c(c(=O)[nH]c3ccccc23)C12c1cc(Br)ccc1-c1ccc(Br)cc12. The third kappa shape index (κ3) is 2.28. The van der Waals surface area contributed by atoms with Gasteiger partial charge < -0.3 is 15.5 Å². The highest BCUT2D eigenvalue weighted by Crippen LogP contribution is 2.60. The molecule has 7 heteroatoms. The summed E-state index contributed by atoms with van der Waals surface area (Å²) in [5.74, 6) is 0.370. The molecular weight excluding hydrogens is 534 g/mol. The monoisotopic (exact) mass is 545 g/mol. The number of halogens is 2. The second-order valence-corrected chi connectivity index (χ2v) is 9.62. The molecule has 0 saturated heterocycles. The van der Waals surface area contributed by atoms with E-state index in [9.17, 15) is 10.1 Å². The molecule has 0 unspecified atom stereocenters. The Hall–Kier alpha value is -3.34. The highest BCUT2D eigenvalue weighted by molar-refractivity contribution is 9.10. The Morgan fingerprint density at radius 1 is 0.969 bits per heavy atom. The number of nitrogens with zero attached hydrogens (tertiary/aromatic N) is 1. The van der Waals surface area contributed by atoms with Crippen LogP contribution in [0.25, 0.3) is 22.0 Å². The number of H-pyrrole nitrogens is 1. The molecule has 0 amide bonds. The fraction of sp³-hybridized carbons (Fsp3) is 0.0400. The van der Waals surface area contributed by atoms with Crippen LogP contribution >= 0.6 is 31.9 Å². The topological polar surface area (TPSA) is 91.9 Å². The average molecular weight is 547 g/mol. The summed E-state index contributed by atoms with van der Waals surface area (Å²) < 4.78 is 7.67. The molecule has 1 spiro atoms. The maximum Gasteiger partial charge on any atom is 0.257 e. The lowest BCUT2D eigenvalue weighted by atomic mass is 9.66. The van der Waals surface area contributed by atoms with Crippen molar-refractivity contribution in [2.75, 3.05) is 0 Å². The summed E-state index contributed by atoms with van der Waals surface area (Å²) in [4.78, 5) is 16.7. The summed E-state index contributed by atoms with van der Waals surface area (Å²) in [5.41, 5.74) is 9.56. The van der Waals surface area contributed by atoms with Crippen LogP contribution in [0.5, 0.6) is 5.75 Å². The van der Waals surface area contributed by atoms with Crippen molar-refractivity contribution in [2.45, 2.75) is 5.41 Å². The fourth-order valence-corrected chi connectivity index (χ4v) is 5.80. The highest BCUT2D eigenvalue weighted by Gasteiger charge is 2.55. The van der Waals surface area contributed by atoms with Gasteiger partial charge >= 0.3 is 0 Å². The molecule has 1 aromatic heterocycles. The molecule has 3 aromatic carbocycles. The number of fused-ring (bicyclic) bond motifs is 9. The first-order valence-corrected chi connectivity index (χ1v) is 11.4. The number of aromatic nitrogens is 1. The molecule has 32 heavy (non-hydrogen) atoms.